The van der Waals surface area contributed by atoms with E-state index in [9.17, 15) is 13.2 Å². The molecule has 1 aromatic rings. The van der Waals surface area contributed by atoms with Crippen LogP contribution in [0.4, 0.5) is 5.69 Å². The van der Waals surface area contributed by atoms with Gasteiger partial charge in [-0.05, 0) is 44.2 Å². The highest BCUT2D eigenvalue weighted by Crippen LogP contribution is 2.34. The number of hydrogen-bond acceptors (Lipinski definition) is 3. The fraction of sp³-hybridized carbons (Fsp3) is 0.611. The van der Waals surface area contributed by atoms with Crippen molar-refractivity contribution >= 4 is 21.6 Å². The highest BCUT2D eigenvalue weighted by Gasteiger charge is 2.38. The standard InChI is InChI=1S/C18H26N2O3S/c1-3-11-24(22,23)19-10-6-8-16(13-19)18(21)20-14(2)12-15-7-4-5-9-17(15)20/h4-5,7,9,14,16H,3,6,8,10-13H2,1-2H3/t14-,16+/m1/s1. The molecule has 1 fully saturated rings. The van der Waals surface area contributed by atoms with Crippen LogP contribution >= 0.6 is 0 Å². The lowest BCUT2D eigenvalue weighted by atomic mass is 9.97. The third-order valence-electron chi connectivity index (χ3n) is 5.03. The van der Waals surface area contributed by atoms with Crippen molar-refractivity contribution in [1.82, 2.24) is 4.31 Å². The van der Waals surface area contributed by atoms with Crippen LogP contribution in [0.25, 0.3) is 0 Å². The summed E-state index contributed by atoms with van der Waals surface area (Å²) in [6.45, 7) is 4.80. The normalized spacial score (nSPS) is 24.8. The molecule has 1 amide bonds. The molecule has 1 saturated heterocycles. The predicted molar refractivity (Wildman–Crippen MR) is 95.5 cm³/mol. The Morgan fingerprint density at radius 1 is 1.29 bits per heavy atom. The molecule has 1 aromatic carbocycles. The summed E-state index contributed by atoms with van der Waals surface area (Å²) < 4.78 is 26.2. The summed E-state index contributed by atoms with van der Waals surface area (Å²) in [6, 6.07) is 8.15. The van der Waals surface area contributed by atoms with Gasteiger partial charge in [-0.25, -0.2) is 12.7 Å². The number of amides is 1. The number of anilines is 1. The van der Waals surface area contributed by atoms with E-state index >= 15 is 0 Å². The van der Waals surface area contributed by atoms with Crippen molar-refractivity contribution in [3.05, 3.63) is 29.8 Å². The Balaban J connectivity index is 1.78. The molecule has 0 aromatic heterocycles. The first-order valence-corrected chi connectivity index (χ1v) is 10.4. The monoisotopic (exact) mass is 350 g/mol. The summed E-state index contributed by atoms with van der Waals surface area (Å²) in [5, 5.41) is 0. The lowest BCUT2D eigenvalue weighted by Gasteiger charge is -2.34. The third kappa shape index (κ3) is 3.22. The number of benzene rings is 1. The van der Waals surface area contributed by atoms with Crippen LogP contribution < -0.4 is 4.90 Å². The van der Waals surface area contributed by atoms with Crippen LogP contribution in [0.5, 0.6) is 0 Å². The van der Waals surface area contributed by atoms with E-state index in [1.165, 1.54) is 9.87 Å². The zero-order valence-electron chi connectivity index (χ0n) is 14.4. The molecule has 3 rings (SSSR count). The fourth-order valence-electron chi connectivity index (χ4n) is 3.88. The van der Waals surface area contributed by atoms with Gasteiger partial charge in [-0.1, -0.05) is 25.1 Å². The van der Waals surface area contributed by atoms with E-state index in [0.29, 0.717) is 19.5 Å². The lowest BCUT2D eigenvalue weighted by molar-refractivity contribution is -0.123. The molecule has 24 heavy (non-hydrogen) atoms. The first-order chi connectivity index (χ1) is 11.4. The number of nitrogens with zero attached hydrogens (tertiary/aromatic N) is 2. The minimum absolute atomic E-state index is 0.0730. The molecule has 2 atom stereocenters. The second-order valence-electron chi connectivity index (χ2n) is 6.90. The summed E-state index contributed by atoms with van der Waals surface area (Å²) in [4.78, 5) is 15.0. The van der Waals surface area contributed by atoms with Gasteiger partial charge in [0.2, 0.25) is 15.9 Å². The summed E-state index contributed by atoms with van der Waals surface area (Å²) in [5.74, 6) is -0.000488. The zero-order chi connectivity index (χ0) is 17.3. The van der Waals surface area contributed by atoms with Gasteiger partial charge >= 0.3 is 0 Å². The van der Waals surface area contributed by atoms with E-state index in [0.717, 1.165) is 24.9 Å². The van der Waals surface area contributed by atoms with E-state index in [4.69, 9.17) is 0 Å². The second kappa shape index (κ2) is 6.84. The van der Waals surface area contributed by atoms with Crippen LogP contribution in [0.15, 0.2) is 24.3 Å². The van der Waals surface area contributed by atoms with Crippen molar-refractivity contribution in [3.8, 4) is 0 Å². The Bertz CT molecular complexity index is 717. The van der Waals surface area contributed by atoms with Crippen molar-refractivity contribution in [3.63, 3.8) is 0 Å². The van der Waals surface area contributed by atoms with Crippen LogP contribution in [0.3, 0.4) is 0 Å². The molecule has 0 N–H and O–H groups in total. The zero-order valence-corrected chi connectivity index (χ0v) is 15.3. The Hall–Kier alpha value is -1.40. The van der Waals surface area contributed by atoms with Gasteiger partial charge in [-0.15, -0.1) is 0 Å². The molecule has 0 saturated carbocycles. The van der Waals surface area contributed by atoms with Crippen LogP contribution in [-0.4, -0.2) is 43.5 Å². The number of hydrogen-bond donors (Lipinski definition) is 0. The van der Waals surface area contributed by atoms with E-state index in [1.54, 1.807) is 0 Å². The van der Waals surface area contributed by atoms with Gasteiger partial charge in [0.1, 0.15) is 0 Å². The molecule has 0 unspecified atom stereocenters. The number of para-hydroxylation sites is 1. The minimum atomic E-state index is -3.23. The highest BCUT2D eigenvalue weighted by molar-refractivity contribution is 7.89. The molecule has 2 aliphatic rings. The summed E-state index contributed by atoms with van der Waals surface area (Å²) in [6.07, 6.45) is 2.99. The molecule has 2 aliphatic heterocycles. The molecular formula is C18H26N2O3S. The minimum Gasteiger partial charge on any atom is -0.309 e. The Morgan fingerprint density at radius 2 is 2.04 bits per heavy atom. The van der Waals surface area contributed by atoms with Crippen LogP contribution in [0.1, 0.15) is 38.7 Å². The molecule has 0 radical (unpaired) electrons. The molecule has 5 nitrogen and oxygen atoms in total. The van der Waals surface area contributed by atoms with Gasteiger partial charge in [0.25, 0.3) is 0 Å². The quantitative estimate of drug-likeness (QED) is 0.838. The average molecular weight is 350 g/mol. The number of carbonyl (C=O) groups excluding carboxylic acids is 1. The Kier molecular flexibility index (Phi) is 4.97. The molecule has 6 heteroatoms. The van der Waals surface area contributed by atoms with Crippen molar-refractivity contribution in [2.24, 2.45) is 5.92 Å². The second-order valence-corrected chi connectivity index (χ2v) is 8.99. The smallest absolute Gasteiger partial charge is 0.231 e. The van der Waals surface area contributed by atoms with Gasteiger partial charge in [-0.3, -0.25) is 4.79 Å². The molecular weight excluding hydrogens is 324 g/mol. The number of piperidine rings is 1. The van der Waals surface area contributed by atoms with E-state index < -0.39 is 10.0 Å². The predicted octanol–water partition coefficient (Wildman–Crippen LogP) is 2.42. The van der Waals surface area contributed by atoms with E-state index in [1.807, 2.05) is 30.0 Å². The summed E-state index contributed by atoms with van der Waals surface area (Å²) >= 11 is 0. The van der Waals surface area contributed by atoms with Gasteiger partial charge in [-0.2, -0.15) is 0 Å². The molecule has 2 heterocycles. The van der Waals surface area contributed by atoms with Gasteiger partial charge in [0, 0.05) is 24.8 Å². The van der Waals surface area contributed by atoms with Crippen molar-refractivity contribution in [1.29, 1.82) is 0 Å². The molecule has 0 aliphatic carbocycles. The maximum Gasteiger partial charge on any atom is 0.231 e. The van der Waals surface area contributed by atoms with Crippen LogP contribution in [0.2, 0.25) is 0 Å². The number of sulfonamides is 1. The highest BCUT2D eigenvalue weighted by atomic mass is 32.2. The number of rotatable bonds is 4. The lowest BCUT2D eigenvalue weighted by Crippen LogP contribution is -2.48. The number of fused-ring (bicyclic) bond motifs is 1. The largest absolute Gasteiger partial charge is 0.309 e. The van der Waals surface area contributed by atoms with Gasteiger partial charge in [0.05, 0.1) is 11.7 Å². The fourth-order valence-corrected chi connectivity index (χ4v) is 5.47. The van der Waals surface area contributed by atoms with Crippen molar-refractivity contribution in [2.45, 2.75) is 45.6 Å². The topological polar surface area (TPSA) is 57.7 Å². The third-order valence-corrected chi connectivity index (χ3v) is 7.08. The summed E-state index contributed by atoms with van der Waals surface area (Å²) in [5.41, 5.74) is 2.19. The van der Waals surface area contributed by atoms with E-state index in [2.05, 4.69) is 13.0 Å². The van der Waals surface area contributed by atoms with Crippen molar-refractivity contribution in [2.75, 3.05) is 23.7 Å². The average Bonchev–Trinajstić information content (AvgIpc) is 2.90. The van der Waals surface area contributed by atoms with Gasteiger partial charge < -0.3 is 4.90 Å². The van der Waals surface area contributed by atoms with Gasteiger partial charge in [0.15, 0.2) is 0 Å². The maximum absolute atomic E-state index is 13.1. The molecule has 0 spiro atoms. The Morgan fingerprint density at radius 3 is 2.79 bits per heavy atom. The molecule has 0 bridgehead atoms. The summed E-state index contributed by atoms with van der Waals surface area (Å²) in [7, 11) is -3.23. The molecule has 132 valence electrons. The van der Waals surface area contributed by atoms with Crippen molar-refractivity contribution < 1.29 is 13.2 Å². The first-order valence-electron chi connectivity index (χ1n) is 8.83. The van der Waals surface area contributed by atoms with Crippen LogP contribution in [0, 0.1) is 5.92 Å². The SMILES string of the molecule is CCCS(=O)(=O)N1CCC[C@H](C(=O)N2c3ccccc3C[C@H]2C)C1. The number of carbonyl (C=O) groups is 1. The Labute approximate surface area is 144 Å². The first kappa shape index (κ1) is 17.4. The van der Waals surface area contributed by atoms with E-state index in [-0.39, 0.29) is 23.6 Å². The van der Waals surface area contributed by atoms with Crippen LogP contribution in [-0.2, 0) is 21.2 Å². The maximum atomic E-state index is 13.1.